The van der Waals surface area contributed by atoms with E-state index in [4.69, 9.17) is 0 Å². The van der Waals surface area contributed by atoms with Crippen LogP contribution in [-0.2, 0) is 13.1 Å². The van der Waals surface area contributed by atoms with Crippen LogP contribution in [0, 0.1) is 0 Å². The fraction of sp³-hybridized carbons (Fsp3) is 0.357. The molecule has 1 N–H and O–H groups in total. The number of anilines is 1. The number of nitrogens with one attached hydrogen (secondary N) is 1. The first-order chi connectivity index (χ1) is 8.79. The zero-order valence-electron chi connectivity index (χ0n) is 10.9. The molecule has 0 amide bonds. The van der Waals surface area contributed by atoms with Crippen molar-refractivity contribution in [1.29, 1.82) is 0 Å². The zero-order valence-corrected chi connectivity index (χ0v) is 11.7. The van der Waals surface area contributed by atoms with Gasteiger partial charge in [0.05, 0.1) is 6.54 Å². The number of hydrogen-bond donors (Lipinski definition) is 1. The van der Waals surface area contributed by atoms with E-state index in [-0.39, 0.29) is 0 Å². The van der Waals surface area contributed by atoms with Crippen LogP contribution < -0.4 is 10.2 Å². The standard InChI is InChI=1S/C14H19N3S/c1-3-15-10-12-6-7-16-14(9-12)17(2)11-13-5-4-8-18-13/h4-9,15H,3,10-11H2,1-2H3. The molecular weight excluding hydrogens is 242 g/mol. The van der Waals surface area contributed by atoms with Crippen LogP contribution in [0.25, 0.3) is 0 Å². The van der Waals surface area contributed by atoms with Crippen LogP contribution in [-0.4, -0.2) is 18.6 Å². The summed E-state index contributed by atoms with van der Waals surface area (Å²) in [7, 11) is 2.08. The Morgan fingerprint density at radius 3 is 3.00 bits per heavy atom. The number of nitrogens with zero attached hydrogens (tertiary/aromatic N) is 2. The molecule has 0 aliphatic rings. The lowest BCUT2D eigenvalue weighted by Gasteiger charge is -2.18. The molecule has 0 aromatic carbocycles. The molecule has 2 aromatic heterocycles. The summed E-state index contributed by atoms with van der Waals surface area (Å²) in [5, 5.41) is 5.44. The zero-order chi connectivity index (χ0) is 12.8. The van der Waals surface area contributed by atoms with Gasteiger partial charge in [-0.05, 0) is 35.7 Å². The van der Waals surface area contributed by atoms with Gasteiger partial charge in [-0.3, -0.25) is 0 Å². The minimum absolute atomic E-state index is 0.902. The highest BCUT2D eigenvalue weighted by atomic mass is 32.1. The minimum Gasteiger partial charge on any atom is -0.355 e. The van der Waals surface area contributed by atoms with Crippen molar-refractivity contribution in [2.75, 3.05) is 18.5 Å². The molecular formula is C14H19N3S. The lowest BCUT2D eigenvalue weighted by Crippen LogP contribution is -2.18. The predicted octanol–water partition coefficient (Wildman–Crippen LogP) is 2.89. The average molecular weight is 261 g/mol. The van der Waals surface area contributed by atoms with Crippen molar-refractivity contribution < 1.29 is 0 Å². The van der Waals surface area contributed by atoms with E-state index in [1.54, 1.807) is 11.3 Å². The first-order valence-corrected chi connectivity index (χ1v) is 7.06. The van der Waals surface area contributed by atoms with Gasteiger partial charge in [0.15, 0.2) is 0 Å². The van der Waals surface area contributed by atoms with Crippen molar-refractivity contribution in [2.24, 2.45) is 0 Å². The number of rotatable bonds is 6. The van der Waals surface area contributed by atoms with E-state index in [0.717, 1.165) is 25.5 Å². The molecule has 0 aliphatic carbocycles. The summed E-state index contributed by atoms with van der Waals surface area (Å²) >= 11 is 1.78. The number of aromatic nitrogens is 1. The maximum Gasteiger partial charge on any atom is 0.128 e. The molecule has 96 valence electrons. The summed E-state index contributed by atoms with van der Waals surface area (Å²) in [6, 6.07) is 8.45. The Kier molecular flexibility index (Phi) is 4.73. The summed E-state index contributed by atoms with van der Waals surface area (Å²) in [6.07, 6.45) is 1.88. The molecule has 4 heteroatoms. The second kappa shape index (κ2) is 6.52. The van der Waals surface area contributed by atoms with Crippen LogP contribution in [0.15, 0.2) is 35.8 Å². The van der Waals surface area contributed by atoms with Gasteiger partial charge in [0.25, 0.3) is 0 Å². The van der Waals surface area contributed by atoms with E-state index >= 15 is 0 Å². The van der Waals surface area contributed by atoms with Gasteiger partial charge in [-0.15, -0.1) is 11.3 Å². The van der Waals surface area contributed by atoms with Crippen LogP contribution in [0.5, 0.6) is 0 Å². The molecule has 0 unspecified atom stereocenters. The SMILES string of the molecule is CCNCc1ccnc(N(C)Cc2cccs2)c1. The molecule has 0 fully saturated rings. The molecule has 0 radical (unpaired) electrons. The third-order valence-corrected chi connectivity index (χ3v) is 3.61. The number of thiophene rings is 1. The molecule has 3 nitrogen and oxygen atoms in total. The Hall–Kier alpha value is -1.39. The van der Waals surface area contributed by atoms with Gasteiger partial charge in [-0.2, -0.15) is 0 Å². The van der Waals surface area contributed by atoms with Crippen LogP contribution >= 0.6 is 11.3 Å². The average Bonchev–Trinajstić information content (AvgIpc) is 2.89. The van der Waals surface area contributed by atoms with Crippen molar-refractivity contribution in [3.63, 3.8) is 0 Å². The van der Waals surface area contributed by atoms with E-state index in [1.807, 2.05) is 6.20 Å². The van der Waals surface area contributed by atoms with Gasteiger partial charge in [-0.25, -0.2) is 4.98 Å². The molecule has 2 rings (SSSR count). The lowest BCUT2D eigenvalue weighted by molar-refractivity contribution is 0.725. The van der Waals surface area contributed by atoms with Crippen LogP contribution in [0.3, 0.4) is 0 Å². The third-order valence-electron chi connectivity index (χ3n) is 2.75. The quantitative estimate of drug-likeness (QED) is 0.866. The van der Waals surface area contributed by atoms with Gasteiger partial charge in [-0.1, -0.05) is 13.0 Å². The highest BCUT2D eigenvalue weighted by Crippen LogP contribution is 2.16. The van der Waals surface area contributed by atoms with E-state index in [1.165, 1.54) is 10.4 Å². The molecule has 0 spiro atoms. The van der Waals surface area contributed by atoms with Crippen molar-refractivity contribution in [3.05, 3.63) is 46.3 Å². The summed E-state index contributed by atoms with van der Waals surface area (Å²) < 4.78 is 0. The lowest BCUT2D eigenvalue weighted by atomic mass is 10.2. The highest BCUT2D eigenvalue weighted by molar-refractivity contribution is 7.09. The molecule has 0 saturated heterocycles. The molecule has 0 aliphatic heterocycles. The Bertz CT molecular complexity index is 468. The van der Waals surface area contributed by atoms with Crippen molar-refractivity contribution in [2.45, 2.75) is 20.0 Å². The predicted molar refractivity (Wildman–Crippen MR) is 78.0 cm³/mol. The van der Waals surface area contributed by atoms with Gasteiger partial charge < -0.3 is 10.2 Å². The molecule has 0 bridgehead atoms. The second-order valence-electron chi connectivity index (χ2n) is 4.24. The maximum atomic E-state index is 4.43. The van der Waals surface area contributed by atoms with Crippen molar-refractivity contribution >= 4 is 17.2 Å². The largest absolute Gasteiger partial charge is 0.355 e. The minimum atomic E-state index is 0.902. The fourth-order valence-electron chi connectivity index (χ4n) is 1.77. The molecule has 2 heterocycles. The van der Waals surface area contributed by atoms with Crippen LogP contribution in [0.4, 0.5) is 5.82 Å². The van der Waals surface area contributed by atoms with Gasteiger partial charge in [0, 0.05) is 24.7 Å². The van der Waals surface area contributed by atoms with E-state index in [0.29, 0.717) is 0 Å². The molecule has 0 atom stereocenters. The van der Waals surface area contributed by atoms with Crippen LogP contribution in [0.1, 0.15) is 17.4 Å². The van der Waals surface area contributed by atoms with Crippen molar-refractivity contribution in [3.8, 4) is 0 Å². The van der Waals surface area contributed by atoms with Gasteiger partial charge in [0.2, 0.25) is 0 Å². The topological polar surface area (TPSA) is 28.2 Å². The highest BCUT2D eigenvalue weighted by Gasteiger charge is 2.05. The van der Waals surface area contributed by atoms with E-state index in [2.05, 4.69) is 58.8 Å². The Labute approximate surface area is 112 Å². The first-order valence-electron chi connectivity index (χ1n) is 6.18. The number of hydrogen-bond acceptors (Lipinski definition) is 4. The summed E-state index contributed by atoms with van der Waals surface area (Å²) in [5.74, 6) is 1.03. The summed E-state index contributed by atoms with van der Waals surface area (Å²) in [6.45, 7) is 4.92. The fourth-order valence-corrected chi connectivity index (χ4v) is 2.52. The maximum absolute atomic E-state index is 4.43. The Balaban J connectivity index is 2.03. The van der Waals surface area contributed by atoms with E-state index < -0.39 is 0 Å². The van der Waals surface area contributed by atoms with Gasteiger partial charge in [0.1, 0.15) is 5.82 Å². The van der Waals surface area contributed by atoms with Crippen molar-refractivity contribution in [1.82, 2.24) is 10.3 Å². The molecule has 2 aromatic rings. The van der Waals surface area contributed by atoms with Gasteiger partial charge >= 0.3 is 0 Å². The Morgan fingerprint density at radius 2 is 2.28 bits per heavy atom. The monoisotopic (exact) mass is 261 g/mol. The Morgan fingerprint density at radius 1 is 1.39 bits per heavy atom. The third kappa shape index (κ3) is 3.55. The smallest absolute Gasteiger partial charge is 0.128 e. The second-order valence-corrected chi connectivity index (χ2v) is 5.27. The normalized spacial score (nSPS) is 10.6. The van der Waals surface area contributed by atoms with E-state index in [9.17, 15) is 0 Å². The first kappa shape index (κ1) is 13.1. The number of pyridine rings is 1. The summed E-state index contributed by atoms with van der Waals surface area (Å²) in [5.41, 5.74) is 1.28. The summed E-state index contributed by atoms with van der Waals surface area (Å²) in [4.78, 5) is 7.97. The molecule has 18 heavy (non-hydrogen) atoms. The van der Waals surface area contributed by atoms with Crippen LogP contribution in [0.2, 0.25) is 0 Å². The molecule has 0 saturated carbocycles.